The van der Waals surface area contributed by atoms with Crippen molar-refractivity contribution in [1.29, 1.82) is 0 Å². The van der Waals surface area contributed by atoms with Gasteiger partial charge in [-0.25, -0.2) is 37.5 Å². The monoisotopic (exact) mass is 509 g/mol. The Balaban J connectivity index is 1.52. The summed E-state index contributed by atoms with van der Waals surface area (Å²) in [4.78, 5) is 21.7. The van der Waals surface area contributed by atoms with Crippen molar-refractivity contribution in [2.45, 2.75) is 32.0 Å². The van der Waals surface area contributed by atoms with Crippen molar-refractivity contribution in [3.63, 3.8) is 0 Å². The molecule has 3 heterocycles. The van der Waals surface area contributed by atoms with E-state index in [2.05, 4.69) is 20.2 Å². The van der Waals surface area contributed by atoms with Crippen LogP contribution in [0, 0.1) is 18.6 Å². The van der Waals surface area contributed by atoms with Crippen LogP contribution in [0.4, 0.5) is 8.78 Å². The number of thiazole rings is 1. The largest absolute Gasteiger partial charge is 0.381 e. The van der Waals surface area contributed by atoms with E-state index in [4.69, 9.17) is 0 Å². The lowest BCUT2D eigenvalue weighted by Crippen LogP contribution is -2.44. The van der Waals surface area contributed by atoms with Crippen molar-refractivity contribution < 1.29 is 13.9 Å². The molecule has 12 heteroatoms. The number of hydrogen-bond donors (Lipinski definition) is 1. The third-order valence-corrected chi connectivity index (χ3v) is 6.85. The Morgan fingerprint density at radius 3 is 2.53 bits per heavy atom. The van der Waals surface area contributed by atoms with E-state index in [1.54, 1.807) is 23.5 Å². The van der Waals surface area contributed by atoms with Crippen molar-refractivity contribution >= 4 is 11.3 Å². The minimum Gasteiger partial charge on any atom is -0.381 e. The van der Waals surface area contributed by atoms with Crippen LogP contribution in [0.5, 0.6) is 0 Å². The van der Waals surface area contributed by atoms with Crippen LogP contribution in [0.25, 0.3) is 16.9 Å². The fourth-order valence-electron chi connectivity index (χ4n) is 4.09. The Morgan fingerprint density at radius 1 is 1.11 bits per heavy atom. The molecule has 9 nitrogen and oxygen atoms in total. The number of benzene rings is 2. The van der Waals surface area contributed by atoms with Crippen molar-refractivity contribution in [2.75, 3.05) is 0 Å². The average Bonchev–Trinajstić information content (AvgIpc) is 3.60. The number of halogens is 2. The van der Waals surface area contributed by atoms with Gasteiger partial charge < -0.3 is 5.11 Å². The van der Waals surface area contributed by atoms with E-state index in [-0.39, 0.29) is 12.1 Å². The van der Waals surface area contributed by atoms with Crippen molar-refractivity contribution in [3.8, 4) is 16.9 Å². The third-order valence-electron chi connectivity index (χ3n) is 6.08. The Morgan fingerprint density at radius 2 is 1.89 bits per heavy atom. The minimum atomic E-state index is -2.01. The number of aromatic nitrogens is 7. The van der Waals surface area contributed by atoms with Crippen molar-refractivity contribution in [3.05, 3.63) is 99.5 Å². The fraction of sp³-hybridized carbons (Fsp3) is 0.208. The smallest absolute Gasteiger partial charge is 0.350 e. The van der Waals surface area contributed by atoms with Gasteiger partial charge in [-0.3, -0.25) is 0 Å². The van der Waals surface area contributed by atoms with E-state index in [9.17, 15) is 18.7 Å². The molecule has 0 amide bonds. The molecule has 0 bridgehead atoms. The SMILES string of the molecule is Cc1nc(-c2ccc(-n3cnn(C(C)C(O)(Cn4cncn4)c4ccc(F)cc4F)c3=O)cc2)cs1. The first-order valence-electron chi connectivity index (χ1n) is 11.0. The molecule has 3 aromatic heterocycles. The third kappa shape index (κ3) is 4.25. The molecule has 0 fully saturated rings. The predicted octanol–water partition coefficient (Wildman–Crippen LogP) is 3.48. The second kappa shape index (κ2) is 9.21. The molecule has 2 aromatic carbocycles. The molecule has 0 radical (unpaired) electrons. The molecular weight excluding hydrogens is 488 g/mol. The van der Waals surface area contributed by atoms with Gasteiger partial charge in [0, 0.05) is 22.6 Å². The molecule has 5 rings (SSSR count). The molecular formula is C24H21F2N7O2S. The van der Waals surface area contributed by atoms with E-state index >= 15 is 0 Å². The molecule has 0 aliphatic heterocycles. The average molecular weight is 510 g/mol. The first kappa shape index (κ1) is 23.7. The number of hydrogen-bond acceptors (Lipinski definition) is 7. The molecule has 1 N–H and O–H groups in total. The number of aliphatic hydroxyl groups is 1. The van der Waals surface area contributed by atoms with Gasteiger partial charge in [0.2, 0.25) is 0 Å². The number of nitrogens with zero attached hydrogens (tertiary/aromatic N) is 7. The van der Waals surface area contributed by atoms with Crippen LogP contribution in [0.2, 0.25) is 0 Å². The first-order valence-corrected chi connectivity index (χ1v) is 11.8. The molecule has 0 spiro atoms. The van der Waals surface area contributed by atoms with Crippen LogP contribution in [0.15, 0.2) is 71.6 Å². The summed E-state index contributed by atoms with van der Waals surface area (Å²) in [7, 11) is 0. The summed E-state index contributed by atoms with van der Waals surface area (Å²) in [6, 6.07) is 9.06. The molecule has 0 saturated carbocycles. The van der Waals surface area contributed by atoms with Crippen LogP contribution in [-0.4, -0.2) is 39.2 Å². The first-order chi connectivity index (χ1) is 17.3. The Bertz CT molecular complexity index is 1560. The summed E-state index contributed by atoms with van der Waals surface area (Å²) in [5.41, 5.74) is -0.440. The predicted molar refractivity (Wildman–Crippen MR) is 129 cm³/mol. The van der Waals surface area contributed by atoms with Crippen LogP contribution >= 0.6 is 11.3 Å². The van der Waals surface area contributed by atoms with Gasteiger partial charge in [0.25, 0.3) is 0 Å². The van der Waals surface area contributed by atoms with E-state index < -0.39 is 29.0 Å². The summed E-state index contributed by atoms with van der Waals surface area (Å²) >= 11 is 1.55. The fourth-order valence-corrected chi connectivity index (χ4v) is 4.72. The van der Waals surface area contributed by atoms with Crippen LogP contribution < -0.4 is 5.69 Å². The van der Waals surface area contributed by atoms with Crippen molar-refractivity contribution in [2.24, 2.45) is 0 Å². The van der Waals surface area contributed by atoms with Crippen molar-refractivity contribution in [1.82, 2.24) is 34.1 Å². The summed E-state index contributed by atoms with van der Waals surface area (Å²) in [6.07, 6.45) is 3.95. The van der Waals surface area contributed by atoms with Gasteiger partial charge in [0.1, 0.15) is 36.2 Å². The highest BCUT2D eigenvalue weighted by molar-refractivity contribution is 7.09. The van der Waals surface area contributed by atoms with E-state index in [1.807, 2.05) is 24.4 Å². The zero-order valence-corrected chi connectivity index (χ0v) is 20.1. The summed E-state index contributed by atoms with van der Waals surface area (Å²) in [5, 5.41) is 22.9. The van der Waals surface area contributed by atoms with Gasteiger partial charge in [-0.15, -0.1) is 11.3 Å². The topological polar surface area (TPSA) is 104 Å². The molecule has 5 aromatic rings. The molecule has 36 heavy (non-hydrogen) atoms. The van der Waals surface area contributed by atoms with Crippen LogP contribution in [-0.2, 0) is 12.1 Å². The lowest BCUT2D eigenvalue weighted by Gasteiger charge is -2.34. The van der Waals surface area contributed by atoms with Gasteiger partial charge >= 0.3 is 5.69 Å². The lowest BCUT2D eigenvalue weighted by molar-refractivity contribution is -0.0381. The van der Waals surface area contributed by atoms with Gasteiger partial charge in [0.05, 0.1) is 29.0 Å². The normalized spacial score (nSPS) is 14.0. The highest BCUT2D eigenvalue weighted by Gasteiger charge is 2.41. The van der Waals surface area contributed by atoms with Gasteiger partial charge in [-0.05, 0) is 32.0 Å². The molecule has 2 unspecified atom stereocenters. The summed E-state index contributed by atoms with van der Waals surface area (Å²) < 4.78 is 32.1. The van der Waals surface area contributed by atoms with E-state index in [0.717, 1.165) is 33.1 Å². The van der Waals surface area contributed by atoms with Gasteiger partial charge in [-0.2, -0.15) is 10.2 Å². The zero-order chi connectivity index (χ0) is 25.4. The maximum atomic E-state index is 14.8. The zero-order valence-electron chi connectivity index (χ0n) is 19.3. The Labute approximate surface area is 207 Å². The van der Waals surface area contributed by atoms with E-state index in [1.165, 1.54) is 35.2 Å². The standard InChI is InChI=1S/C24H21F2N7O2S/c1-15(24(35,11-31-13-27-12-28-31)20-8-5-18(25)9-21(20)26)33-23(34)32(14-29-33)19-6-3-17(4-7-19)22-10-36-16(2)30-22/h3-10,12-15,35H,11H2,1-2H3. The molecule has 2 atom stereocenters. The minimum absolute atomic E-state index is 0.198. The van der Waals surface area contributed by atoms with Gasteiger partial charge in [0.15, 0.2) is 0 Å². The van der Waals surface area contributed by atoms with Crippen LogP contribution in [0.3, 0.4) is 0 Å². The summed E-state index contributed by atoms with van der Waals surface area (Å²) in [6.45, 7) is 3.21. The lowest BCUT2D eigenvalue weighted by atomic mass is 9.86. The van der Waals surface area contributed by atoms with Gasteiger partial charge in [-0.1, -0.05) is 18.2 Å². The number of rotatable bonds is 7. The number of aryl methyl sites for hydroxylation is 1. The maximum Gasteiger partial charge on any atom is 0.350 e. The molecule has 184 valence electrons. The maximum absolute atomic E-state index is 14.8. The molecule has 0 aliphatic carbocycles. The quantitative estimate of drug-likeness (QED) is 0.360. The Kier molecular flexibility index (Phi) is 6.06. The van der Waals surface area contributed by atoms with E-state index in [0.29, 0.717) is 11.8 Å². The Hall–Kier alpha value is -4.03. The molecule has 0 aliphatic rings. The second-order valence-electron chi connectivity index (χ2n) is 8.34. The highest BCUT2D eigenvalue weighted by Crippen LogP contribution is 2.36. The summed E-state index contributed by atoms with van der Waals surface area (Å²) in [5.74, 6) is -1.74. The second-order valence-corrected chi connectivity index (χ2v) is 9.41. The molecule has 0 saturated heterocycles. The highest BCUT2D eigenvalue weighted by atomic mass is 32.1. The van der Waals surface area contributed by atoms with Crippen LogP contribution in [0.1, 0.15) is 23.5 Å².